The Morgan fingerprint density at radius 2 is 1.40 bits per heavy atom. The molecule has 1 aliphatic carbocycles. The Bertz CT molecular complexity index is 778. The zero-order valence-electron chi connectivity index (χ0n) is 14.4. The smallest absolute Gasteiger partial charge is 0.336 e. The van der Waals surface area contributed by atoms with Gasteiger partial charge in [-0.3, -0.25) is 4.79 Å². The maximum absolute atomic E-state index is 13.1. The van der Waals surface area contributed by atoms with Crippen molar-refractivity contribution in [2.75, 3.05) is 7.05 Å². The molecule has 4 nitrogen and oxygen atoms in total. The number of hydrogen-bond acceptors (Lipinski definition) is 2. The van der Waals surface area contributed by atoms with Gasteiger partial charge >= 0.3 is 5.97 Å². The van der Waals surface area contributed by atoms with Crippen molar-refractivity contribution >= 4 is 11.9 Å². The molecule has 2 aromatic rings. The Morgan fingerprint density at radius 3 is 2.00 bits per heavy atom. The standard InChI is InChI=1S/C21H23NO3/c1-22(15-9-3-2-4-10-15)20(23)18-13-7-5-11-16(18)17-12-6-8-14-19(17)21(24)25/h5-8,11-15H,2-4,9-10H2,1H3,(H,24,25). The van der Waals surface area contributed by atoms with Gasteiger partial charge in [-0.05, 0) is 36.1 Å². The van der Waals surface area contributed by atoms with Gasteiger partial charge in [0.05, 0.1) is 5.56 Å². The van der Waals surface area contributed by atoms with E-state index in [-0.39, 0.29) is 17.5 Å². The molecule has 0 spiro atoms. The highest BCUT2D eigenvalue weighted by Gasteiger charge is 2.25. The van der Waals surface area contributed by atoms with Crippen molar-refractivity contribution in [2.45, 2.75) is 38.1 Å². The third kappa shape index (κ3) is 3.58. The summed E-state index contributed by atoms with van der Waals surface area (Å²) < 4.78 is 0. The summed E-state index contributed by atoms with van der Waals surface area (Å²) >= 11 is 0. The number of aromatic carboxylic acids is 1. The lowest BCUT2D eigenvalue weighted by Gasteiger charge is -2.31. The van der Waals surface area contributed by atoms with Gasteiger partial charge in [0.25, 0.3) is 5.91 Å². The van der Waals surface area contributed by atoms with Crippen LogP contribution in [0, 0.1) is 0 Å². The van der Waals surface area contributed by atoms with Gasteiger partial charge in [-0.15, -0.1) is 0 Å². The van der Waals surface area contributed by atoms with Crippen molar-refractivity contribution in [1.82, 2.24) is 4.90 Å². The Morgan fingerprint density at radius 1 is 0.880 bits per heavy atom. The van der Waals surface area contributed by atoms with Crippen molar-refractivity contribution in [2.24, 2.45) is 0 Å². The van der Waals surface area contributed by atoms with E-state index in [2.05, 4.69) is 0 Å². The third-order valence-corrected chi connectivity index (χ3v) is 5.05. The minimum atomic E-state index is -0.988. The van der Waals surface area contributed by atoms with Crippen molar-refractivity contribution in [3.05, 3.63) is 59.7 Å². The van der Waals surface area contributed by atoms with E-state index in [1.807, 2.05) is 30.1 Å². The van der Waals surface area contributed by atoms with E-state index < -0.39 is 5.97 Å². The van der Waals surface area contributed by atoms with Crippen LogP contribution in [0.2, 0.25) is 0 Å². The molecule has 3 rings (SSSR count). The maximum Gasteiger partial charge on any atom is 0.336 e. The molecular weight excluding hydrogens is 314 g/mol. The first-order valence-electron chi connectivity index (χ1n) is 8.78. The van der Waals surface area contributed by atoms with E-state index >= 15 is 0 Å². The van der Waals surface area contributed by atoms with Gasteiger partial charge in [0.2, 0.25) is 0 Å². The lowest BCUT2D eigenvalue weighted by molar-refractivity contribution is 0.0686. The maximum atomic E-state index is 13.1. The second-order valence-electron chi connectivity index (χ2n) is 6.60. The van der Waals surface area contributed by atoms with Gasteiger partial charge in [-0.2, -0.15) is 0 Å². The molecule has 1 aliphatic rings. The first-order valence-corrected chi connectivity index (χ1v) is 8.78. The quantitative estimate of drug-likeness (QED) is 0.896. The summed E-state index contributed by atoms with van der Waals surface area (Å²) in [6, 6.07) is 14.4. The lowest BCUT2D eigenvalue weighted by atomic mass is 9.92. The fourth-order valence-electron chi connectivity index (χ4n) is 3.63. The molecule has 1 amide bonds. The van der Waals surface area contributed by atoms with E-state index in [0.29, 0.717) is 16.7 Å². The number of nitrogens with zero attached hydrogens (tertiary/aromatic N) is 1. The monoisotopic (exact) mass is 337 g/mol. The van der Waals surface area contributed by atoms with Crippen LogP contribution in [0.3, 0.4) is 0 Å². The van der Waals surface area contributed by atoms with Crippen LogP contribution in [0.4, 0.5) is 0 Å². The van der Waals surface area contributed by atoms with Gasteiger partial charge in [0, 0.05) is 18.7 Å². The van der Waals surface area contributed by atoms with Crippen LogP contribution in [0.1, 0.15) is 52.8 Å². The van der Waals surface area contributed by atoms with Crippen LogP contribution < -0.4 is 0 Å². The van der Waals surface area contributed by atoms with Crippen LogP contribution in [0.25, 0.3) is 11.1 Å². The summed E-state index contributed by atoms with van der Waals surface area (Å²) in [7, 11) is 1.86. The molecule has 0 bridgehead atoms. The van der Waals surface area contributed by atoms with Crippen LogP contribution in [0.5, 0.6) is 0 Å². The largest absolute Gasteiger partial charge is 0.478 e. The van der Waals surface area contributed by atoms with E-state index in [1.165, 1.54) is 6.42 Å². The molecule has 2 aromatic carbocycles. The van der Waals surface area contributed by atoms with Crippen LogP contribution in [0.15, 0.2) is 48.5 Å². The van der Waals surface area contributed by atoms with Crippen LogP contribution in [-0.2, 0) is 0 Å². The summed E-state index contributed by atoms with van der Waals surface area (Å²) in [5.41, 5.74) is 2.02. The Labute approximate surface area is 148 Å². The zero-order valence-corrected chi connectivity index (χ0v) is 14.4. The molecule has 1 N–H and O–H groups in total. The number of rotatable bonds is 4. The molecule has 25 heavy (non-hydrogen) atoms. The number of amides is 1. The number of carboxylic acids is 1. The summed E-state index contributed by atoms with van der Waals surface area (Å²) in [4.78, 5) is 26.5. The molecule has 0 saturated heterocycles. The Balaban J connectivity index is 1.99. The molecule has 130 valence electrons. The highest BCUT2D eigenvalue weighted by Crippen LogP contribution is 2.30. The number of hydrogen-bond donors (Lipinski definition) is 1. The minimum Gasteiger partial charge on any atom is -0.478 e. The van der Waals surface area contributed by atoms with Gasteiger partial charge in [0.15, 0.2) is 0 Å². The van der Waals surface area contributed by atoms with E-state index in [1.54, 1.807) is 30.3 Å². The second-order valence-corrected chi connectivity index (χ2v) is 6.60. The van der Waals surface area contributed by atoms with Gasteiger partial charge in [-0.1, -0.05) is 55.7 Å². The zero-order chi connectivity index (χ0) is 17.8. The molecule has 0 aromatic heterocycles. The number of carboxylic acid groups (broad SMARTS) is 1. The average molecular weight is 337 g/mol. The average Bonchev–Trinajstić information content (AvgIpc) is 2.67. The molecule has 0 aliphatic heterocycles. The third-order valence-electron chi connectivity index (χ3n) is 5.05. The number of carbonyl (C=O) groups excluding carboxylic acids is 1. The van der Waals surface area contributed by atoms with E-state index in [0.717, 1.165) is 25.7 Å². The minimum absolute atomic E-state index is 0.0392. The highest BCUT2D eigenvalue weighted by atomic mass is 16.4. The number of carbonyl (C=O) groups is 2. The van der Waals surface area contributed by atoms with Gasteiger partial charge in [-0.25, -0.2) is 4.79 Å². The molecule has 1 saturated carbocycles. The van der Waals surface area contributed by atoms with E-state index in [9.17, 15) is 14.7 Å². The van der Waals surface area contributed by atoms with Crippen LogP contribution in [-0.4, -0.2) is 35.0 Å². The highest BCUT2D eigenvalue weighted by molar-refractivity contribution is 6.04. The topological polar surface area (TPSA) is 57.6 Å². The SMILES string of the molecule is CN(C(=O)c1ccccc1-c1ccccc1C(=O)O)C1CCCCC1. The molecule has 0 atom stereocenters. The summed E-state index contributed by atoms with van der Waals surface area (Å²) in [6.07, 6.45) is 5.63. The molecule has 1 fully saturated rings. The fraction of sp³-hybridized carbons (Fsp3) is 0.333. The summed E-state index contributed by atoms with van der Waals surface area (Å²) in [6.45, 7) is 0. The van der Waals surface area contributed by atoms with Crippen molar-refractivity contribution in [1.29, 1.82) is 0 Å². The molecule has 0 unspecified atom stereocenters. The Kier molecular flexibility index (Phi) is 5.17. The van der Waals surface area contributed by atoms with Gasteiger partial charge < -0.3 is 10.0 Å². The molecule has 0 heterocycles. The lowest BCUT2D eigenvalue weighted by Crippen LogP contribution is -2.38. The Hall–Kier alpha value is -2.62. The predicted octanol–water partition coefficient (Wildman–Crippen LogP) is 4.46. The summed E-state index contributed by atoms with van der Waals surface area (Å²) in [5, 5.41) is 9.47. The molecule has 0 radical (unpaired) electrons. The first kappa shape index (κ1) is 17.2. The normalized spacial score (nSPS) is 14.9. The number of benzene rings is 2. The predicted molar refractivity (Wildman–Crippen MR) is 97.8 cm³/mol. The van der Waals surface area contributed by atoms with E-state index in [4.69, 9.17) is 0 Å². The summed E-state index contributed by atoms with van der Waals surface area (Å²) in [5.74, 6) is -1.03. The van der Waals surface area contributed by atoms with Crippen molar-refractivity contribution < 1.29 is 14.7 Å². The fourth-order valence-corrected chi connectivity index (χ4v) is 3.63. The molecular formula is C21H23NO3. The van der Waals surface area contributed by atoms with Crippen LogP contribution >= 0.6 is 0 Å². The van der Waals surface area contributed by atoms with Crippen molar-refractivity contribution in [3.63, 3.8) is 0 Å². The first-order chi connectivity index (χ1) is 12.1. The molecule has 4 heteroatoms. The van der Waals surface area contributed by atoms with Gasteiger partial charge in [0.1, 0.15) is 0 Å². The second kappa shape index (κ2) is 7.51. The van der Waals surface area contributed by atoms with Crippen molar-refractivity contribution in [3.8, 4) is 11.1 Å².